The fourth-order valence-corrected chi connectivity index (χ4v) is 4.90. The lowest BCUT2D eigenvalue weighted by Crippen LogP contribution is -2.51. The van der Waals surface area contributed by atoms with Crippen molar-refractivity contribution in [3.05, 3.63) is 47.3 Å². The van der Waals surface area contributed by atoms with Gasteiger partial charge in [-0.15, -0.1) is 0 Å². The molecule has 2 aliphatic rings. The molecule has 0 bridgehead atoms. The van der Waals surface area contributed by atoms with Crippen LogP contribution in [0.3, 0.4) is 0 Å². The van der Waals surface area contributed by atoms with Gasteiger partial charge in [0.1, 0.15) is 11.5 Å². The molecule has 0 atom stereocenters. The van der Waals surface area contributed by atoms with E-state index in [1.54, 1.807) is 4.90 Å². The lowest BCUT2D eigenvalue weighted by atomic mass is 9.87. The predicted octanol–water partition coefficient (Wildman–Crippen LogP) is 4.85. The van der Waals surface area contributed by atoms with Crippen molar-refractivity contribution in [1.82, 2.24) is 15.0 Å². The number of ether oxygens (including phenoxy) is 1. The third kappa shape index (κ3) is 6.86. The first-order chi connectivity index (χ1) is 16.8. The predicted molar refractivity (Wildman–Crippen MR) is 135 cm³/mol. The zero-order valence-corrected chi connectivity index (χ0v) is 21.4. The molecule has 2 aromatic rings. The Kier molecular flexibility index (Phi) is 8.14. The topological polar surface area (TPSA) is 75.9 Å². The normalized spacial score (nSPS) is 17.5. The highest BCUT2D eigenvalue weighted by Gasteiger charge is 2.27. The third-order valence-corrected chi connectivity index (χ3v) is 7.15. The molecular weight excluding hydrogens is 442 g/mol. The van der Waals surface area contributed by atoms with Gasteiger partial charge in [0.25, 0.3) is 5.91 Å². The Morgan fingerprint density at radius 1 is 1.03 bits per heavy atom. The Morgan fingerprint density at radius 2 is 1.74 bits per heavy atom. The van der Waals surface area contributed by atoms with Gasteiger partial charge in [-0.3, -0.25) is 9.59 Å². The number of carbonyl (C=O) groups excluding carboxylic acids is 2. The Bertz CT molecular complexity index is 996. The summed E-state index contributed by atoms with van der Waals surface area (Å²) in [6, 6.07) is 9.35. The van der Waals surface area contributed by atoms with E-state index in [1.165, 1.54) is 32.1 Å². The summed E-state index contributed by atoms with van der Waals surface area (Å²) in [5.41, 5.74) is 1.15. The largest absolute Gasteiger partial charge is 0.494 e. The fraction of sp³-hybridized carbons (Fsp3) is 0.607. The van der Waals surface area contributed by atoms with Crippen molar-refractivity contribution >= 4 is 11.8 Å². The van der Waals surface area contributed by atoms with Gasteiger partial charge in [-0.2, -0.15) is 0 Å². The van der Waals surface area contributed by atoms with Crippen molar-refractivity contribution in [1.29, 1.82) is 0 Å². The van der Waals surface area contributed by atoms with Gasteiger partial charge in [-0.1, -0.05) is 64.1 Å². The van der Waals surface area contributed by atoms with Gasteiger partial charge in [0, 0.05) is 43.2 Å². The number of benzene rings is 1. The summed E-state index contributed by atoms with van der Waals surface area (Å²) in [5.74, 6) is 2.30. The van der Waals surface area contributed by atoms with Crippen LogP contribution < -0.4 is 4.74 Å². The molecular formula is C28H39N3O4. The van der Waals surface area contributed by atoms with Crippen molar-refractivity contribution in [2.75, 3.05) is 32.8 Å². The second-order valence-corrected chi connectivity index (χ2v) is 11.0. The molecule has 1 saturated heterocycles. The highest BCUT2D eigenvalue weighted by atomic mass is 16.5. The van der Waals surface area contributed by atoms with Crippen molar-refractivity contribution in [2.24, 2.45) is 5.92 Å². The van der Waals surface area contributed by atoms with E-state index in [1.807, 2.05) is 35.2 Å². The van der Waals surface area contributed by atoms with Gasteiger partial charge in [0.05, 0.1) is 18.7 Å². The van der Waals surface area contributed by atoms with E-state index in [0.717, 1.165) is 23.8 Å². The standard InChI is InChI=1S/C28H39N3O4/c1-28(2,3)25-19-23(29-35-25)20-26(32)30-13-15-31(16-14-30)27(33)22-10-7-11-24(18-22)34-17-12-21-8-5-4-6-9-21/h7,10-11,18-19,21H,4-6,8-9,12-17,20H2,1-3H3. The molecule has 0 N–H and O–H groups in total. The number of carbonyl (C=O) groups is 2. The monoisotopic (exact) mass is 481 g/mol. The SMILES string of the molecule is CC(C)(C)c1cc(CC(=O)N2CCN(C(=O)c3cccc(OCCC4CCCCC4)c3)CC2)no1. The molecule has 7 heteroatoms. The molecule has 1 aromatic heterocycles. The number of hydrogen-bond acceptors (Lipinski definition) is 5. The van der Waals surface area contributed by atoms with Gasteiger partial charge in [0.2, 0.25) is 5.91 Å². The highest BCUT2D eigenvalue weighted by Crippen LogP contribution is 2.27. The van der Waals surface area contributed by atoms with Gasteiger partial charge >= 0.3 is 0 Å². The molecule has 2 amide bonds. The molecule has 190 valence electrons. The average Bonchev–Trinajstić information content (AvgIpc) is 3.34. The summed E-state index contributed by atoms with van der Waals surface area (Å²) in [7, 11) is 0. The van der Waals surface area contributed by atoms with E-state index in [9.17, 15) is 9.59 Å². The molecule has 0 unspecified atom stereocenters. The van der Waals surface area contributed by atoms with Crippen LogP contribution in [-0.2, 0) is 16.6 Å². The lowest BCUT2D eigenvalue weighted by molar-refractivity contribution is -0.132. The number of aromatic nitrogens is 1. The molecule has 1 aromatic carbocycles. The van der Waals surface area contributed by atoms with Crippen molar-refractivity contribution in [2.45, 2.75) is 71.1 Å². The minimum absolute atomic E-state index is 0.0128. The third-order valence-electron chi connectivity index (χ3n) is 7.15. The Hall–Kier alpha value is -2.83. The Balaban J connectivity index is 1.24. The number of amides is 2. The van der Waals surface area contributed by atoms with E-state index < -0.39 is 0 Å². The molecule has 4 rings (SSSR count). The molecule has 1 saturated carbocycles. The van der Waals surface area contributed by atoms with Gasteiger partial charge < -0.3 is 19.1 Å². The summed E-state index contributed by atoms with van der Waals surface area (Å²) >= 11 is 0. The van der Waals surface area contributed by atoms with Crippen LogP contribution in [0, 0.1) is 5.92 Å². The molecule has 2 fully saturated rings. The summed E-state index contributed by atoms with van der Waals surface area (Å²) in [5, 5.41) is 4.06. The van der Waals surface area contributed by atoms with Gasteiger partial charge in [0.15, 0.2) is 0 Å². The second kappa shape index (κ2) is 11.3. The smallest absolute Gasteiger partial charge is 0.254 e. The first-order valence-corrected chi connectivity index (χ1v) is 13.1. The zero-order chi connectivity index (χ0) is 24.8. The molecule has 0 radical (unpaired) electrons. The maximum atomic E-state index is 13.1. The van der Waals surface area contributed by atoms with Crippen LogP contribution in [0.1, 0.15) is 81.1 Å². The maximum absolute atomic E-state index is 13.1. The van der Waals surface area contributed by atoms with E-state index >= 15 is 0 Å². The Labute approximate surface area is 208 Å². The Morgan fingerprint density at radius 3 is 2.43 bits per heavy atom. The van der Waals surface area contributed by atoms with E-state index in [2.05, 4.69) is 25.9 Å². The summed E-state index contributed by atoms with van der Waals surface area (Å²) in [4.78, 5) is 29.5. The van der Waals surface area contributed by atoms with Gasteiger partial charge in [-0.25, -0.2) is 0 Å². The first kappa shape index (κ1) is 25.3. The maximum Gasteiger partial charge on any atom is 0.254 e. The van der Waals surface area contributed by atoms with Gasteiger partial charge in [-0.05, 0) is 30.5 Å². The van der Waals surface area contributed by atoms with Crippen molar-refractivity contribution in [3.63, 3.8) is 0 Å². The van der Waals surface area contributed by atoms with Crippen LogP contribution >= 0.6 is 0 Å². The fourth-order valence-electron chi connectivity index (χ4n) is 4.90. The minimum Gasteiger partial charge on any atom is -0.494 e. The summed E-state index contributed by atoms with van der Waals surface area (Å²) in [6.07, 6.45) is 7.97. The summed E-state index contributed by atoms with van der Waals surface area (Å²) in [6.45, 7) is 8.93. The lowest BCUT2D eigenvalue weighted by Gasteiger charge is -2.34. The quantitative estimate of drug-likeness (QED) is 0.565. The highest BCUT2D eigenvalue weighted by molar-refractivity contribution is 5.94. The molecule has 1 aliphatic heterocycles. The summed E-state index contributed by atoms with van der Waals surface area (Å²) < 4.78 is 11.4. The van der Waals surface area contributed by atoms with Crippen LogP contribution in [0.25, 0.3) is 0 Å². The number of hydrogen-bond donors (Lipinski definition) is 0. The molecule has 7 nitrogen and oxygen atoms in total. The van der Waals surface area contributed by atoms with Crippen LogP contribution in [0.5, 0.6) is 5.75 Å². The molecule has 35 heavy (non-hydrogen) atoms. The van der Waals surface area contributed by atoms with Crippen LogP contribution in [0.2, 0.25) is 0 Å². The zero-order valence-electron chi connectivity index (χ0n) is 21.4. The molecule has 0 spiro atoms. The van der Waals surface area contributed by atoms with E-state index in [-0.39, 0.29) is 23.7 Å². The van der Waals surface area contributed by atoms with Crippen molar-refractivity contribution < 1.29 is 18.8 Å². The van der Waals surface area contributed by atoms with Crippen LogP contribution in [-0.4, -0.2) is 59.6 Å². The number of nitrogens with zero attached hydrogens (tertiary/aromatic N) is 3. The first-order valence-electron chi connectivity index (χ1n) is 13.1. The number of rotatable bonds is 7. The van der Waals surface area contributed by atoms with E-state index in [4.69, 9.17) is 9.26 Å². The average molecular weight is 482 g/mol. The van der Waals surface area contributed by atoms with E-state index in [0.29, 0.717) is 44.0 Å². The second-order valence-electron chi connectivity index (χ2n) is 11.0. The van der Waals surface area contributed by atoms with Crippen molar-refractivity contribution in [3.8, 4) is 5.75 Å². The molecule has 2 heterocycles. The number of piperazine rings is 1. The minimum atomic E-state index is -0.141. The van der Waals surface area contributed by atoms with Crippen LogP contribution in [0.4, 0.5) is 0 Å². The molecule has 1 aliphatic carbocycles. The van der Waals surface area contributed by atoms with Crippen LogP contribution in [0.15, 0.2) is 34.9 Å².